The van der Waals surface area contributed by atoms with E-state index in [0.717, 1.165) is 36.9 Å². The monoisotopic (exact) mass is 360 g/mol. The highest BCUT2D eigenvalue weighted by molar-refractivity contribution is 6.32. The Morgan fingerprint density at radius 3 is 2.72 bits per heavy atom. The van der Waals surface area contributed by atoms with Gasteiger partial charge in [0.2, 0.25) is 5.91 Å². The molecule has 2 amide bonds. The van der Waals surface area contributed by atoms with Crippen LogP contribution in [0.1, 0.15) is 42.6 Å². The van der Waals surface area contributed by atoms with Crippen LogP contribution >= 0.6 is 11.6 Å². The highest BCUT2D eigenvalue weighted by Gasteiger charge is 2.40. The SMILES string of the molecule is CC(C)C(C(=O)N1CCCC1)N1Cc2c(Cl)cnc3[nH]cc(c23)C1=O. The van der Waals surface area contributed by atoms with Crippen LogP contribution in [0, 0.1) is 5.92 Å². The predicted octanol–water partition coefficient (Wildman–Crippen LogP) is 2.82. The van der Waals surface area contributed by atoms with Crippen molar-refractivity contribution < 1.29 is 9.59 Å². The summed E-state index contributed by atoms with van der Waals surface area (Å²) >= 11 is 6.36. The second kappa shape index (κ2) is 6.02. The molecule has 1 saturated heterocycles. The molecule has 0 radical (unpaired) electrons. The molecule has 4 heterocycles. The van der Waals surface area contributed by atoms with Crippen LogP contribution in [0.4, 0.5) is 0 Å². The van der Waals surface area contributed by atoms with Gasteiger partial charge in [0.15, 0.2) is 0 Å². The standard InChI is InChI=1S/C18H21ClN4O2/c1-10(2)15(18(25)22-5-3-4-6-22)23-9-12-13(19)8-21-16-14(12)11(7-20-16)17(23)24/h7-8,10,15H,3-6,9H2,1-2H3,(H,20,21). The molecule has 1 unspecified atom stereocenters. The van der Waals surface area contributed by atoms with E-state index in [1.54, 1.807) is 17.3 Å². The Hall–Kier alpha value is -2.08. The first-order valence-corrected chi connectivity index (χ1v) is 9.11. The summed E-state index contributed by atoms with van der Waals surface area (Å²) in [6, 6.07) is -0.479. The Kier molecular flexibility index (Phi) is 3.95. The number of nitrogens with one attached hydrogen (secondary N) is 1. The lowest BCUT2D eigenvalue weighted by atomic mass is 9.95. The quantitative estimate of drug-likeness (QED) is 0.915. The summed E-state index contributed by atoms with van der Waals surface area (Å²) in [6.07, 6.45) is 5.33. The Balaban J connectivity index is 1.75. The van der Waals surface area contributed by atoms with Gasteiger partial charge in [0.05, 0.1) is 10.6 Å². The third kappa shape index (κ3) is 2.51. The number of likely N-dealkylation sites (tertiary alicyclic amines) is 1. The molecule has 6 nitrogen and oxygen atoms in total. The first-order valence-electron chi connectivity index (χ1n) is 8.73. The molecule has 0 aliphatic carbocycles. The maximum atomic E-state index is 13.1. The number of H-pyrrole nitrogens is 1. The zero-order valence-corrected chi connectivity index (χ0v) is 15.1. The van der Waals surface area contributed by atoms with Crippen molar-refractivity contribution in [2.75, 3.05) is 13.1 Å². The number of hydrogen-bond donors (Lipinski definition) is 1. The van der Waals surface area contributed by atoms with Gasteiger partial charge in [-0.3, -0.25) is 9.59 Å². The summed E-state index contributed by atoms with van der Waals surface area (Å²) in [7, 11) is 0. The molecule has 7 heteroatoms. The molecule has 0 saturated carbocycles. The summed E-state index contributed by atoms with van der Waals surface area (Å²) in [5.74, 6) is -0.0658. The minimum atomic E-state index is -0.479. The molecule has 2 aliphatic rings. The van der Waals surface area contributed by atoms with E-state index in [1.165, 1.54) is 0 Å². The van der Waals surface area contributed by atoms with Crippen LogP contribution in [-0.4, -0.2) is 50.7 Å². The summed E-state index contributed by atoms with van der Waals surface area (Å²) in [5, 5.41) is 1.31. The summed E-state index contributed by atoms with van der Waals surface area (Å²) in [5.41, 5.74) is 2.07. The average molecular weight is 361 g/mol. The van der Waals surface area contributed by atoms with Crippen molar-refractivity contribution in [3.63, 3.8) is 0 Å². The number of carbonyl (C=O) groups excluding carboxylic acids is 2. The van der Waals surface area contributed by atoms with Crippen LogP contribution in [0.25, 0.3) is 11.0 Å². The second-order valence-corrected chi connectivity index (χ2v) is 7.57. The van der Waals surface area contributed by atoms with Gasteiger partial charge in [-0.15, -0.1) is 0 Å². The molecule has 2 aromatic heterocycles. The average Bonchev–Trinajstić information content (AvgIpc) is 3.24. The maximum Gasteiger partial charge on any atom is 0.257 e. The molecule has 0 aromatic carbocycles. The van der Waals surface area contributed by atoms with E-state index in [-0.39, 0.29) is 17.7 Å². The zero-order valence-electron chi connectivity index (χ0n) is 14.4. The molecule has 4 rings (SSSR count). The zero-order chi connectivity index (χ0) is 17.7. The number of aromatic amines is 1. The largest absolute Gasteiger partial charge is 0.345 e. The van der Waals surface area contributed by atoms with Crippen molar-refractivity contribution in [2.24, 2.45) is 5.92 Å². The van der Waals surface area contributed by atoms with E-state index in [9.17, 15) is 9.59 Å². The fourth-order valence-corrected chi connectivity index (χ4v) is 4.19. The second-order valence-electron chi connectivity index (χ2n) is 7.16. The van der Waals surface area contributed by atoms with Crippen molar-refractivity contribution in [1.29, 1.82) is 0 Å². The van der Waals surface area contributed by atoms with Crippen molar-refractivity contribution in [3.8, 4) is 0 Å². The molecule has 25 heavy (non-hydrogen) atoms. The van der Waals surface area contributed by atoms with Crippen molar-refractivity contribution in [3.05, 3.63) is 28.5 Å². The number of nitrogens with zero attached hydrogens (tertiary/aromatic N) is 3. The third-order valence-electron chi connectivity index (χ3n) is 5.21. The summed E-state index contributed by atoms with van der Waals surface area (Å²) in [4.78, 5) is 37.0. The normalized spacial score (nSPS) is 18.5. The Morgan fingerprint density at radius 2 is 2.04 bits per heavy atom. The smallest absolute Gasteiger partial charge is 0.257 e. The van der Waals surface area contributed by atoms with Crippen LogP contribution in [0.3, 0.4) is 0 Å². The lowest BCUT2D eigenvalue weighted by molar-refractivity contribution is -0.136. The molecule has 1 fully saturated rings. The lowest BCUT2D eigenvalue weighted by Crippen LogP contribution is -2.53. The molecule has 2 aromatic rings. The maximum absolute atomic E-state index is 13.1. The minimum absolute atomic E-state index is 0.0219. The number of pyridine rings is 1. The lowest BCUT2D eigenvalue weighted by Gasteiger charge is -2.37. The number of aromatic nitrogens is 2. The van der Waals surface area contributed by atoms with Crippen molar-refractivity contribution >= 4 is 34.4 Å². The van der Waals surface area contributed by atoms with Crippen LogP contribution in [0.5, 0.6) is 0 Å². The molecule has 0 bridgehead atoms. The van der Waals surface area contributed by atoms with E-state index < -0.39 is 6.04 Å². The Labute approximate surface area is 151 Å². The summed E-state index contributed by atoms with van der Waals surface area (Å²) in [6.45, 7) is 5.87. The fourth-order valence-electron chi connectivity index (χ4n) is 3.99. The van der Waals surface area contributed by atoms with Gasteiger partial charge < -0.3 is 14.8 Å². The third-order valence-corrected chi connectivity index (χ3v) is 5.54. The molecule has 0 spiro atoms. The van der Waals surface area contributed by atoms with Crippen molar-refractivity contribution in [1.82, 2.24) is 19.8 Å². The highest BCUT2D eigenvalue weighted by Crippen LogP contribution is 2.35. The molecule has 132 valence electrons. The van der Waals surface area contributed by atoms with E-state index in [2.05, 4.69) is 9.97 Å². The first-order chi connectivity index (χ1) is 12.0. The number of rotatable bonds is 3. The fraction of sp³-hybridized carbons (Fsp3) is 0.500. The topological polar surface area (TPSA) is 69.3 Å². The molecule has 2 aliphatic heterocycles. The Morgan fingerprint density at radius 1 is 1.32 bits per heavy atom. The van der Waals surface area contributed by atoms with Crippen LogP contribution in [0.15, 0.2) is 12.4 Å². The van der Waals surface area contributed by atoms with E-state index in [4.69, 9.17) is 11.6 Å². The summed E-state index contributed by atoms with van der Waals surface area (Å²) < 4.78 is 0. The minimum Gasteiger partial charge on any atom is -0.345 e. The van der Waals surface area contributed by atoms with Crippen LogP contribution < -0.4 is 0 Å². The number of hydrogen-bond acceptors (Lipinski definition) is 3. The van der Waals surface area contributed by atoms with Gasteiger partial charge in [0.1, 0.15) is 11.7 Å². The molecule has 1 N–H and O–H groups in total. The number of halogens is 1. The van der Waals surface area contributed by atoms with Gasteiger partial charge in [-0.05, 0) is 18.8 Å². The van der Waals surface area contributed by atoms with E-state index >= 15 is 0 Å². The van der Waals surface area contributed by atoms with Crippen molar-refractivity contribution in [2.45, 2.75) is 39.3 Å². The van der Waals surface area contributed by atoms with Gasteiger partial charge >= 0.3 is 0 Å². The van der Waals surface area contributed by atoms with Gasteiger partial charge in [0.25, 0.3) is 5.91 Å². The van der Waals surface area contributed by atoms with Gasteiger partial charge in [-0.2, -0.15) is 0 Å². The van der Waals surface area contributed by atoms with Crippen LogP contribution in [-0.2, 0) is 11.3 Å². The molecular weight excluding hydrogens is 340 g/mol. The first kappa shape index (κ1) is 16.4. The van der Waals surface area contributed by atoms with E-state index in [0.29, 0.717) is 22.8 Å². The number of amides is 2. The van der Waals surface area contributed by atoms with E-state index in [1.807, 2.05) is 18.7 Å². The molecular formula is C18H21ClN4O2. The molecule has 1 atom stereocenters. The number of carbonyl (C=O) groups is 2. The Bertz CT molecular complexity index is 854. The predicted molar refractivity (Wildman–Crippen MR) is 95.4 cm³/mol. The van der Waals surface area contributed by atoms with Crippen LogP contribution in [0.2, 0.25) is 5.02 Å². The highest BCUT2D eigenvalue weighted by atomic mass is 35.5. The van der Waals surface area contributed by atoms with Gasteiger partial charge in [-0.1, -0.05) is 25.4 Å². The van der Waals surface area contributed by atoms with Gasteiger partial charge in [0, 0.05) is 43.0 Å². The van der Waals surface area contributed by atoms with Gasteiger partial charge in [-0.25, -0.2) is 4.98 Å².